The Balaban J connectivity index is 1.90. The number of nitrogens with zero attached hydrogens (tertiary/aromatic N) is 1. The first-order valence-electron chi connectivity index (χ1n) is 5.96. The lowest BCUT2D eigenvalue weighted by atomic mass is 10.3. The number of hydrogen-bond donors (Lipinski definition) is 2. The zero-order valence-corrected chi connectivity index (χ0v) is 10.9. The maximum Gasteiger partial charge on any atom is 0.193 e. The molecule has 2 unspecified atom stereocenters. The van der Waals surface area contributed by atoms with Gasteiger partial charge in [0.25, 0.3) is 0 Å². The molecule has 4 heteroatoms. The number of benzene rings is 1. The van der Waals surface area contributed by atoms with Crippen LogP contribution in [0.25, 0.3) is 0 Å². The maximum absolute atomic E-state index is 5.90. The molecule has 3 nitrogen and oxygen atoms in total. The zero-order chi connectivity index (χ0) is 12.1. The average molecular weight is 249 g/mol. The number of nitrogens with two attached hydrogens (primary N) is 1. The highest BCUT2D eigenvalue weighted by Crippen LogP contribution is 2.30. The normalized spacial score (nSPS) is 24.9. The Kier molecular flexibility index (Phi) is 4.31. The number of hydrogen-bond acceptors (Lipinski definition) is 2. The van der Waals surface area contributed by atoms with E-state index in [0.717, 1.165) is 23.8 Å². The van der Waals surface area contributed by atoms with Crippen molar-refractivity contribution < 1.29 is 0 Å². The van der Waals surface area contributed by atoms with Crippen LogP contribution < -0.4 is 11.1 Å². The fraction of sp³-hybridized carbons (Fsp3) is 0.462. The highest BCUT2D eigenvalue weighted by molar-refractivity contribution is 7.99. The third-order valence-corrected chi connectivity index (χ3v) is 4.15. The Morgan fingerprint density at radius 3 is 2.76 bits per heavy atom. The molecule has 17 heavy (non-hydrogen) atoms. The molecule has 1 aliphatic carbocycles. The van der Waals surface area contributed by atoms with Gasteiger partial charge in [-0.1, -0.05) is 18.2 Å². The van der Waals surface area contributed by atoms with E-state index in [1.165, 1.54) is 6.42 Å². The second-order valence-electron chi connectivity index (χ2n) is 4.33. The minimum Gasteiger partial charge on any atom is -0.370 e. The molecule has 1 aromatic rings. The molecule has 0 aromatic heterocycles. The van der Waals surface area contributed by atoms with Crippen LogP contribution in [0.2, 0.25) is 0 Å². The van der Waals surface area contributed by atoms with Crippen LogP contribution >= 0.6 is 11.8 Å². The summed E-state index contributed by atoms with van der Waals surface area (Å²) in [4.78, 5) is 4.54. The van der Waals surface area contributed by atoms with Crippen LogP contribution in [0.4, 0.5) is 5.69 Å². The molecule has 1 fully saturated rings. The third kappa shape index (κ3) is 3.66. The van der Waals surface area contributed by atoms with E-state index in [1.54, 1.807) is 0 Å². The Labute approximate surface area is 107 Å². The van der Waals surface area contributed by atoms with Crippen molar-refractivity contribution in [1.82, 2.24) is 0 Å². The number of rotatable bonds is 3. The van der Waals surface area contributed by atoms with Gasteiger partial charge in [0.15, 0.2) is 5.96 Å². The molecule has 1 aliphatic rings. The van der Waals surface area contributed by atoms with E-state index in [2.05, 4.69) is 16.6 Å². The summed E-state index contributed by atoms with van der Waals surface area (Å²) in [5, 5.41) is 3.88. The Morgan fingerprint density at radius 2 is 2.12 bits per heavy atom. The van der Waals surface area contributed by atoms with Crippen molar-refractivity contribution in [3.8, 4) is 0 Å². The number of thioether (sulfide) groups is 1. The van der Waals surface area contributed by atoms with Gasteiger partial charge in [-0.3, -0.25) is 0 Å². The van der Waals surface area contributed by atoms with Gasteiger partial charge >= 0.3 is 0 Å². The minimum absolute atomic E-state index is 0.392. The fourth-order valence-corrected chi connectivity index (χ4v) is 2.93. The van der Waals surface area contributed by atoms with Crippen molar-refractivity contribution in [1.29, 1.82) is 0 Å². The summed E-state index contributed by atoms with van der Waals surface area (Å²) in [6.07, 6.45) is 5.73. The molecule has 1 saturated carbocycles. The third-order valence-electron chi connectivity index (χ3n) is 3.06. The molecule has 0 amide bonds. The summed E-state index contributed by atoms with van der Waals surface area (Å²) in [5.74, 6) is 0.531. The second-order valence-corrected chi connectivity index (χ2v) is 5.47. The van der Waals surface area contributed by atoms with Gasteiger partial charge in [0.2, 0.25) is 0 Å². The van der Waals surface area contributed by atoms with Gasteiger partial charge in [-0.15, -0.1) is 0 Å². The molecular weight excluding hydrogens is 230 g/mol. The molecule has 0 spiro atoms. The van der Waals surface area contributed by atoms with Crippen molar-refractivity contribution in [3.63, 3.8) is 0 Å². The van der Waals surface area contributed by atoms with Crippen molar-refractivity contribution >= 4 is 23.4 Å². The number of anilines is 1. The van der Waals surface area contributed by atoms with Crippen molar-refractivity contribution in [3.05, 3.63) is 30.3 Å². The van der Waals surface area contributed by atoms with Gasteiger partial charge in [0.1, 0.15) is 0 Å². The largest absolute Gasteiger partial charge is 0.370 e. The van der Waals surface area contributed by atoms with E-state index in [9.17, 15) is 0 Å². The van der Waals surface area contributed by atoms with E-state index in [1.807, 2.05) is 42.1 Å². The van der Waals surface area contributed by atoms with Crippen LogP contribution in [0.3, 0.4) is 0 Å². The fourth-order valence-electron chi connectivity index (χ4n) is 2.15. The number of guanidine groups is 1. The summed E-state index contributed by atoms with van der Waals surface area (Å²) < 4.78 is 0. The van der Waals surface area contributed by atoms with E-state index >= 15 is 0 Å². The van der Waals surface area contributed by atoms with Crippen LogP contribution in [-0.2, 0) is 0 Å². The predicted molar refractivity (Wildman–Crippen MR) is 76.6 cm³/mol. The van der Waals surface area contributed by atoms with Gasteiger partial charge in [0.05, 0.1) is 6.04 Å². The molecule has 0 heterocycles. The van der Waals surface area contributed by atoms with Crippen LogP contribution in [0, 0.1) is 0 Å². The molecule has 92 valence electrons. The standard InChI is InChI=1S/C13H19N3S/c1-17-12-8-7-11(9-12)16-13(14)15-10-5-3-2-4-6-10/h2-6,11-12H,7-9H2,1H3,(H3,14,15,16). The lowest BCUT2D eigenvalue weighted by molar-refractivity contribution is 0.707. The molecule has 0 radical (unpaired) electrons. The SMILES string of the molecule is CSC1CCC(N=C(N)Nc2ccccc2)C1. The van der Waals surface area contributed by atoms with Crippen LogP contribution in [0.5, 0.6) is 0 Å². The highest BCUT2D eigenvalue weighted by atomic mass is 32.2. The van der Waals surface area contributed by atoms with Crippen LogP contribution in [0.15, 0.2) is 35.3 Å². The average Bonchev–Trinajstić information content (AvgIpc) is 2.78. The van der Waals surface area contributed by atoms with E-state index in [-0.39, 0.29) is 0 Å². The molecule has 1 aromatic carbocycles. The number of nitrogens with one attached hydrogen (secondary N) is 1. The van der Waals surface area contributed by atoms with Crippen molar-refractivity contribution in [2.24, 2.45) is 10.7 Å². The van der Waals surface area contributed by atoms with Gasteiger partial charge in [0, 0.05) is 10.9 Å². The first-order chi connectivity index (χ1) is 8.28. The van der Waals surface area contributed by atoms with E-state index in [0.29, 0.717) is 12.0 Å². The molecular formula is C13H19N3S. The molecule has 2 rings (SSSR count). The molecule has 0 aliphatic heterocycles. The summed E-state index contributed by atoms with van der Waals surface area (Å²) in [5.41, 5.74) is 6.90. The van der Waals surface area contributed by atoms with E-state index in [4.69, 9.17) is 5.73 Å². The van der Waals surface area contributed by atoms with Crippen molar-refractivity contribution in [2.45, 2.75) is 30.6 Å². The molecule has 3 N–H and O–H groups in total. The molecule has 0 bridgehead atoms. The Bertz CT molecular complexity index is 378. The molecule has 2 atom stereocenters. The van der Waals surface area contributed by atoms with Gasteiger partial charge in [-0.05, 0) is 37.7 Å². The molecule has 0 saturated heterocycles. The second kappa shape index (κ2) is 5.96. The quantitative estimate of drug-likeness (QED) is 0.639. The summed E-state index contributed by atoms with van der Waals surface area (Å²) >= 11 is 1.94. The monoisotopic (exact) mass is 249 g/mol. The maximum atomic E-state index is 5.90. The number of aliphatic imine (C=N–C) groups is 1. The smallest absolute Gasteiger partial charge is 0.193 e. The first kappa shape index (κ1) is 12.3. The minimum atomic E-state index is 0.392. The predicted octanol–water partition coefficient (Wildman–Crippen LogP) is 2.70. The lowest BCUT2D eigenvalue weighted by Gasteiger charge is -2.09. The van der Waals surface area contributed by atoms with Crippen LogP contribution in [-0.4, -0.2) is 23.5 Å². The number of para-hydroxylation sites is 1. The van der Waals surface area contributed by atoms with Gasteiger partial charge in [-0.25, -0.2) is 4.99 Å². The van der Waals surface area contributed by atoms with Crippen molar-refractivity contribution in [2.75, 3.05) is 11.6 Å². The summed E-state index contributed by atoms with van der Waals surface area (Å²) in [6.45, 7) is 0. The Hall–Kier alpha value is -1.16. The van der Waals surface area contributed by atoms with Crippen LogP contribution in [0.1, 0.15) is 19.3 Å². The summed E-state index contributed by atoms with van der Waals surface area (Å²) in [7, 11) is 0. The Morgan fingerprint density at radius 1 is 1.35 bits per heavy atom. The van der Waals surface area contributed by atoms with E-state index < -0.39 is 0 Å². The summed E-state index contributed by atoms with van der Waals surface area (Å²) in [6, 6.07) is 10.3. The first-order valence-corrected chi connectivity index (χ1v) is 7.25. The van der Waals surface area contributed by atoms with Gasteiger partial charge in [-0.2, -0.15) is 11.8 Å². The lowest BCUT2D eigenvalue weighted by Crippen LogP contribution is -2.24. The zero-order valence-electron chi connectivity index (χ0n) is 10.1. The topological polar surface area (TPSA) is 50.4 Å². The van der Waals surface area contributed by atoms with Gasteiger partial charge < -0.3 is 11.1 Å². The highest BCUT2D eigenvalue weighted by Gasteiger charge is 2.23.